The van der Waals surface area contributed by atoms with Crippen LogP contribution in [0.3, 0.4) is 0 Å². The van der Waals surface area contributed by atoms with Gasteiger partial charge in [-0.1, -0.05) is 48.2 Å². The summed E-state index contributed by atoms with van der Waals surface area (Å²) in [5.41, 5.74) is 4.88. The highest BCUT2D eigenvalue weighted by molar-refractivity contribution is 7.99. The second-order valence-electron chi connectivity index (χ2n) is 7.67. The number of rotatable bonds is 8. The molecule has 164 valence electrons. The average molecular weight is 464 g/mol. The van der Waals surface area contributed by atoms with Crippen LogP contribution in [-0.2, 0) is 11.2 Å². The van der Waals surface area contributed by atoms with Crippen LogP contribution in [-0.4, -0.2) is 27.8 Å². The van der Waals surface area contributed by atoms with Gasteiger partial charge in [0.1, 0.15) is 4.70 Å². The largest absolute Gasteiger partial charge is 0.355 e. The van der Waals surface area contributed by atoms with Crippen LogP contribution < -0.4 is 10.9 Å². The number of fused-ring (bicyclic) bond motifs is 1. The van der Waals surface area contributed by atoms with Gasteiger partial charge in [-0.2, -0.15) is 0 Å². The van der Waals surface area contributed by atoms with E-state index in [9.17, 15) is 9.59 Å². The summed E-state index contributed by atoms with van der Waals surface area (Å²) in [4.78, 5) is 30.3. The molecule has 4 aromatic rings. The number of carbonyl (C=O) groups is 1. The van der Waals surface area contributed by atoms with Gasteiger partial charge in [0.05, 0.1) is 17.0 Å². The molecule has 0 bridgehead atoms. The Morgan fingerprint density at radius 2 is 1.91 bits per heavy atom. The zero-order valence-corrected chi connectivity index (χ0v) is 19.8. The lowest BCUT2D eigenvalue weighted by molar-refractivity contribution is -0.118. The number of aryl methyl sites for hydroxylation is 3. The number of hydrogen-bond donors (Lipinski definition) is 1. The minimum Gasteiger partial charge on any atom is -0.355 e. The van der Waals surface area contributed by atoms with Crippen LogP contribution in [0, 0.1) is 13.8 Å². The number of benzene rings is 2. The Balaban J connectivity index is 1.46. The van der Waals surface area contributed by atoms with E-state index in [1.165, 1.54) is 28.7 Å². The summed E-state index contributed by atoms with van der Waals surface area (Å²) in [6.07, 6.45) is 1.81. The number of thiophene rings is 1. The first-order chi connectivity index (χ1) is 15.5. The van der Waals surface area contributed by atoms with Crippen LogP contribution in [0.25, 0.3) is 15.9 Å². The van der Waals surface area contributed by atoms with Crippen molar-refractivity contribution >= 4 is 39.2 Å². The van der Waals surface area contributed by atoms with Crippen LogP contribution in [0.2, 0.25) is 0 Å². The molecule has 0 aliphatic carbocycles. The van der Waals surface area contributed by atoms with Crippen LogP contribution in [0.1, 0.15) is 23.1 Å². The molecule has 0 saturated heterocycles. The van der Waals surface area contributed by atoms with Crippen molar-refractivity contribution in [3.8, 4) is 5.69 Å². The fraction of sp³-hybridized carbons (Fsp3) is 0.240. The lowest BCUT2D eigenvalue weighted by Gasteiger charge is -2.13. The zero-order chi connectivity index (χ0) is 22.5. The summed E-state index contributed by atoms with van der Waals surface area (Å²) < 4.78 is 2.25. The average Bonchev–Trinajstić information content (AvgIpc) is 3.27. The van der Waals surface area contributed by atoms with E-state index in [-0.39, 0.29) is 17.2 Å². The van der Waals surface area contributed by atoms with Crippen molar-refractivity contribution in [3.05, 3.63) is 87.0 Å². The van der Waals surface area contributed by atoms with Gasteiger partial charge in [-0.05, 0) is 67.0 Å². The third kappa shape index (κ3) is 5.11. The monoisotopic (exact) mass is 463 g/mol. The Morgan fingerprint density at radius 3 is 2.69 bits per heavy atom. The Bertz CT molecular complexity index is 1300. The molecule has 0 aliphatic rings. The summed E-state index contributed by atoms with van der Waals surface area (Å²) in [5, 5.41) is 5.38. The van der Waals surface area contributed by atoms with Gasteiger partial charge in [0.25, 0.3) is 5.56 Å². The lowest BCUT2D eigenvalue weighted by Crippen LogP contribution is -2.27. The number of nitrogens with zero attached hydrogens (tertiary/aromatic N) is 2. The van der Waals surface area contributed by atoms with Crippen LogP contribution in [0.4, 0.5) is 0 Å². The molecule has 0 saturated carbocycles. The summed E-state index contributed by atoms with van der Waals surface area (Å²) in [5.74, 6) is 0.146. The minimum absolute atomic E-state index is 0.0608. The van der Waals surface area contributed by atoms with E-state index in [4.69, 9.17) is 0 Å². The van der Waals surface area contributed by atoms with E-state index >= 15 is 0 Å². The molecule has 2 aromatic heterocycles. The number of amides is 1. The zero-order valence-electron chi connectivity index (χ0n) is 18.1. The molecular formula is C25H25N3O2S2. The quantitative estimate of drug-likeness (QED) is 0.229. The summed E-state index contributed by atoms with van der Waals surface area (Å²) >= 11 is 2.68. The summed E-state index contributed by atoms with van der Waals surface area (Å²) in [6, 6.07) is 18.0. The molecule has 2 heterocycles. The molecule has 0 unspecified atom stereocenters. The first kappa shape index (κ1) is 22.3. The molecule has 0 atom stereocenters. The second kappa shape index (κ2) is 10.1. The minimum atomic E-state index is -0.0981. The Kier molecular flexibility index (Phi) is 7.07. The predicted molar refractivity (Wildman–Crippen MR) is 133 cm³/mol. The Morgan fingerprint density at radius 1 is 1.09 bits per heavy atom. The third-order valence-electron chi connectivity index (χ3n) is 5.34. The summed E-state index contributed by atoms with van der Waals surface area (Å²) in [7, 11) is 0. The Hall–Kier alpha value is -2.90. The van der Waals surface area contributed by atoms with Gasteiger partial charge < -0.3 is 5.32 Å². The van der Waals surface area contributed by atoms with Crippen LogP contribution in [0.15, 0.2) is 69.9 Å². The first-order valence-electron chi connectivity index (χ1n) is 10.5. The van der Waals surface area contributed by atoms with E-state index in [1.54, 1.807) is 4.57 Å². The van der Waals surface area contributed by atoms with Crippen molar-refractivity contribution in [1.29, 1.82) is 0 Å². The molecule has 5 nitrogen and oxygen atoms in total. The Labute approximate surface area is 195 Å². The molecule has 0 aliphatic heterocycles. The molecule has 0 spiro atoms. The van der Waals surface area contributed by atoms with Crippen molar-refractivity contribution in [2.75, 3.05) is 12.3 Å². The van der Waals surface area contributed by atoms with Gasteiger partial charge in [-0.3, -0.25) is 14.2 Å². The van der Waals surface area contributed by atoms with Crippen LogP contribution >= 0.6 is 23.1 Å². The molecular weight excluding hydrogens is 438 g/mol. The highest BCUT2D eigenvalue weighted by Crippen LogP contribution is 2.24. The fourth-order valence-electron chi connectivity index (χ4n) is 3.43. The van der Waals surface area contributed by atoms with E-state index < -0.39 is 0 Å². The van der Waals surface area contributed by atoms with Gasteiger partial charge in [-0.25, -0.2) is 4.98 Å². The number of hydrogen-bond acceptors (Lipinski definition) is 5. The van der Waals surface area contributed by atoms with E-state index in [1.807, 2.05) is 61.7 Å². The second-order valence-corrected chi connectivity index (χ2v) is 9.52. The molecule has 32 heavy (non-hydrogen) atoms. The molecule has 7 heteroatoms. The van der Waals surface area contributed by atoms with Crippen molar-refractivity contribution in [3.63, 3.8) is 0 Å². The van der Waals surface area contributed by atoms with Gasteiger partial charge in [0, 0.05) is 6.54 Å². The summed E-state index contributed by atoms with van der Waals surface area (Å²) in [6.45, 7) is 4.69. The van der Waals surface area contributed by atoms with E-state index in [2.05, 4.69) is 22.4 Å². The van der Waals surface area contributed by atoms with Gasteiger partial charge in [0.15, 0.2) is 5.16 Å². The molecule has 0 radical (unpaired) electrons. The molecule has 2 aromatic carbocycles. The van der Waals surface area contributed by atoms with Crippen molar-refractivity contribution in [2.45, 2.75) is 31.8 Å². The standard InChI is InChI=1S/C25H25N3O2S2/c1-17-10-11-20(15-18(17)2)28-24(30)23-21(12-14-31-23)27-25(28)32-16-22(29)26-13-6-9-19-7-4-3-5-8-19/h3-5,7-8,10-12,14-15H,6,9,13,16H2,1-2H3,(H,26,29). The molecule has 1 N–H and O–H groups in total. The SMILES string of the molecule is Cc1ccc(-n2c(SCC(=O)NCCCc3ccccc3)nc3ccsc3c2=O)cc1C. The van der Waals surface area contributed by atoms with Gasteiger partial charge in [-0.15, -0.1) is 11.3 Å². The van der Waals surface area contributed by atoms with E-state index in [0.29, 0.717) is 21.9 Å². The number of carbonyl (C=O) groups excluding carboxylic acids is 1. The number of aromatic nitrogens is 2. The lowest BCUT2D eigenvalue weighted by atomic mass is 10.1. The van der Waals surface area contributed by atoms with Crippen molar-refractivity contribution in [1.82, 2.24) is 14.9 Å². The maximum Gasteiger partial charge on any atom is 0.276 e. The van der Waals surface area contributed by atoms with Gasteiger partial charge in [0.2, 0.25) is 5.91 Å². The van der Waals surface area contributed by atoms with E-state index in [0.717, 1.165) is 29.7 Å². The van der Waals surface area contributed by atoms with Gasteiger partial charge >= 0.3 is 0 Å². The predicted octanol–water partition coefficient (Wildman–Crippen LogP) is 4.91. The molecule has 1 amide bonds. The third-order valence-corrected chi connectivity index (χ3v) is 7.17. The molecule has 0 fully saturated rings. The van der Waals surface area contributed by atoms with Crippen molar-refractivity contribution in [2.24, 2.45) is 0 Å². The first-order valence-corrected chi connectivity index (χ1v) is 12.4. The highest BCUT2D eigenvalue weighted by atomic mass is 32.2. The topological polar surface area (TPSA) is 64.0 Å². The normalized spacial score (nSPS) is 11.1. The van der Waals surface area contributed by atoms with Crippen molar-refractivity contribution < 1.29 is 4.79 Å². The van der Waals surface area contributed by atoms with Crippen LogP contribution in [0.5, 0.6) is 0 Å². The highest BCUT2D eigenvalue weighted by Gasteiger charge is 2.16. The maximum absolute atomic E-state index is 13.2. The fourth-order valence-corrected chi connectivity index (χ4v) is 5.03. The number of nitrogens with one attached hydrogen (secondary N) is 1. The smallest absolute Gasteiger partial charge is 0.276 e. The maximum atomic E-state index is 13.2. The molecule has 4 rings (SSSR count). The number of thioether (sulfide) groups is 1.